The molecular formula is C17H20ClN3O3. The van der Waals surface area contributed by atoms with Gasteiger partial charge in [-0.05, 0) is 56.7 Å². The number of hydrogen-bond acceptors (Lipinski definition) is 4. The number of carbonyl (C=O) groups is 1. The third-order valence-corrected chi connectivity index (χ3v) is 3.64. The normalized spacial score (nSPS) is 11.2. The van der Waals surface area contributed by atoms with E-state index >= 15 is 0 Å². The maximum Gasteiger partial charge on any atom is 0.408 e. The Balaban J connectivity index is 2.24. The van der Waals surface area contributed by atoms with Gasteiger partial charge in [-0.25, -0.2) is 9.78 Å². The van der Waals surface area contributed by atoms with E-state index in [1.54, 1.807) is 30.3 Å². The second kappa shape index (κ2) is 6.97. The Kier molecular flexibility index (Phi) is 5.19. The highest BCUT2D eigenvalue weighted by molar-refractivity contribution is 6.29. The molecule has 1 aromatic carbocycles. The van der Waals surface area contributed by atoms with E-state index in [9.17, 15) is 9.90 Å². The molecule has 1 heterocycles. The summed E-state index contributed by atoms with van der Waals surface area (Å²) in [6.07, 6.45) is 0.506. The van der Waals surface area contributed by atoms with Crippen molar-refractivity contribution in [1.82, 2.24) is 9.88 Å². The van der Waals surface area contributed by atoms with Crippen molar-refractivity contribution in [2.24, 2.45) is 0 Å². The average Bonchev–Trinajstić information content (AvgIpc) is 2.48. The van der Waals surface area contributed by atoms with E-state index in [0.29, 0.717) is 27.9 Å². The molecule has 1 amide bonds. The first-order valence-electron chi connectivity index (χ1n) is 7.35. The van der Waals surface area contributed by atoms with Crippen molar-refractivity contribution in [2.45, 2.75) is 32.9 Å². The van der Waals surface area contributed by atoms with E-state index in [2.05, 4.69) is 4.98 Å². The molecule has 0 radical (unpaired) electrons. The van der Waals surface area contributed by atoms with Crippen LogP contribution in [0.4, 0.5) is 10.5 Å². The summed E-state index contributed by atoms with van der Waals surface area (Å²) in [5.74, 6) is 1.07. The molecule has 0 aliphatic rings. The van der Waals surface area contributed by atoms with Crippen LogP contribution < -0.4 is 10.5 Å². The van der Waals surface area contributed by atoms with Gasteiger partial charge in [-0.1, -0.05) is 11.6 Å². The lowest BCUT2D eigenvalue weighted by atomic mass is 10.0. The van der Waals surface area contributed by atoms with Gasteiger partial charge in [-0.15, -0.1) is 0 Å². The molecule has 2 rings (SSSR count). The van der Waals surface area contributed by atoms with Crippen LogP contribution in [0.5, 0.6) is 11.5 Å². The van der Waals surface area contributed by atoms with Crippen molar-refractivity contribution < 1.29 is 14.6 Å². The van der Waals surface area contributed by atoms with Crippen LogP contribution >= 0.6 is 11.6 Å². The lowest BCUT2D eigenvalue weighted by Gasteiger charge is -2.33. The molecule has 3 N–H and O–H groups in total. The van der Waals surface area contributed by atoms with Gasteiger partial charge in [-0.3, -0.25) is 4.90 Å². The number of benzene rings is 1. The molecule has 0 aliphatic heterocycles. The van der Waals surface area contributed by atoms with E-state index in [-0.39, 0.29) is 6.54 Å². The second-order valence-electron chi connectivity index (χ2n) is 6.32. The predicted octanol–water partition coefficient (Wildman–Crippen LogP) is 4.39. The van der Waals surface area contributed by atoms with Crippen molar-refractivity contribution in [3.63, 3.8) is 0 Å². The average molecular weight is 350 g/mol. The van der Waals surface area contributed by atoms with Gasteiger partial charge in [0.25, 0.3) is 0 Å². The van der Waals surface area contributed by atoms with Crippen LogP contribution in [0.2, 0.25) is 5.15 Å². The topological polar surface area (TPSA) is 88.7 Å². The Labute approximate surface area is 145 Å². The summed E-state index contributed by atoms with van der Waals surface area (Å²) in [5.41, 5.74) is 6.62. The monoisotopic (exact) mass is 349 g/mol. The third kappa shape index (κ3) is 4.52. The van der Waals surface area contributed by atoms with Crippen LogP contribution in [0.25, 0.3) is 0 Å². The minimum atomic E-state index is -1.00. The molecule has 0 spiro atoms. The highest BCUT2D eigenvalue weighted by Gasteiger charge is 2.26. The van der Waals surface area contributed by atoms with Crippen LogP contribution in [-0.4, -0.2) is 26.6 Å². The Morgan fingerprint density at radius 3 is 2.50 bits per heavy atom. The van der Waals surface area contributed by atoms with Crippen molar-refractivity contribution >= 4 is 23.4 Å². The molecule has 0 saturated carbocycles. The van der Waals surface area contributed by atoms with Crippen LogP contribution in [0.1, 0.15) is 26.3 Å². The summed E-state index contributed by atoms with van der Waals surface area (Å²) in [4.78, 5) is 16.8. The lowest BCUT2D eigenvalue weighted by Crippen LogP contribution is -2.44. The molecule has 128 valence electrons. The van der Waals surface area contributed by atoms with Crippen LogP contribution in [0.3, 0.4) is 0 Å². The Morgan fingerprint density at radius 1 is 1.29 bits per heavy atom. The van der Waals surface area contributed by atoms with Gasteiger partial charge in [0, 0.05) is 11.2 Å². The fraction of sp³-hybridized carbons (Fsp3) is 0.294. The summed E-state index contributed by atoms with van der Waals surface area (Å²) in [6, 6.07) is 8.46. The van der Waals surface area contributed by atoms with Crippen molar-refractivity contribution in [3.8, 4) is 11.5 Å². The van der Waals surface area contributed by atoms with Gasteiger partial charge >= 0.3 is 6.09 Å². The smallest absolute Gasteiger partial charge is 0.408 e. The Hall–Kier alpha value is -2.47. The van der Waals surface area contributed by atoms with Crippen molar-refractivity contribution in [2.75, 3.05) is 5.73 Å². The molecule has 0 atom stereocenters. The summed E-state index contributed by atoms with van der Waals surface area (Å²) >= 11 is 5.75. The number of nitrogens with two attached hydrogens (primary N) is 1. The quantitative estimate of drug-likeness (QED) is 0.631. The molecule has 1 aromatic heterocycles. The SMILES string of the molecule is CC(C)(C)N(Cc1cc(Oc2ccc(Cl)nc2)ccc1N)C(=O)O. The van der Waals surface area contributed by atoms with Crippen molar-refractivity contribution in [1.29, 1.82) is 0 Å². The second-order valence-corrected chi connectivity index (χ2v) is 6.71. The number of nitrogen functional groups attached to an aromatic ring is 1. The highest BCUT2D eigenvalue weighted by Crippen LogP contribution is 2.28. The first-order chi connectivity index (χ1) is 11.2. The first-order valence-corrected chi connectivity index (χ1v) is 7.73. The number of rotatable bonds is 4. The molecule has 0 aliphatic carbocycles. The van der Waals surface area contributed by atoms with Crippen molar-refractivity contribution in [3.05, 3.63) is 47.2 Å². The largest absolute Gasteiger partial charge is 0.465 e. The summed E-state index contributed by atoms with van der Waals surface area (Å²) in [6.45, 7) is 5.66. The fourth-order valence-corrected chi connectivity index (χ4v) is 2.22. The minimum absolute atomic E-state index is 0.167. The standard InChI is InChI=1S/C17H20ClN3O3/c1-17(2,3)21(16(22)23)10-11-8-12(4-6-14(11)19)24-13-5-7-15(18)20-9-13/h4-9H,10,19H2,1-3H3,(H,22,23). The zero-order valence-electron chi connectivity index (χ0n) is 13.8. The van der Waals surface area contributed by atoms with E-state index in [1.165, 1.54) is 11.1 Å². The molecule has 0 saturated heterocycles. The van der Waals surface area contributed by atoms with E-state index in [1.807, 2.05) is 20.8 Å². The zero-order valence-corrected chi connectivity index (χ0v) is 14.5. The number of amides is 1. The maximum atomic E-state index is 11.5. The summed E-state index contributed by atoms with van der Waals surface area (Å²) in [7, 11) is 0. The van der Waals surface area contributed by atoms with Crippen LogP contribution in [0, 0.1) is 0 Å². The van der Waals surface area contributed by atoms with Gasteiger partial charge in [0.1, 0.15) is 16.7 Å². The molecule has 24 heavy (non-hydrogen) atoms. The number of nitrogens with zero attached hydrogens (tertiary/aromatic N) is 2. The predicted molar refractivity (Wildman–Crippen MR) is 93.5 cm³/mol. The van der Waals surface area contributed by atoms with Crippen LogP contribution in [0.15, 0.2) is 36.5 Å². The molecule has 2 aromatic rings. The number of aromatic nitrogens is 1. The zero-order chi connectivity index (χ0) is 17.9. The summed E-state index contributed by atoms with van der Waals surface area (Å²) in [5, 5.41) is 9.80. The van der Waals surface area contributed by atoms with Gasteiger partial charge in [-0.2, -0.15) is 0 Å². The van der Waals surface area contributed by atoms with Gasteiger partial charge in [0.15, 0.2) is 0 Å². The molecule has 0 unspecified atom stereocenters. The number of anilines is 1. The van der Waals surface area contributed by atoms with E-state index < -0.39 is 11.6 Å². The number of ether oxygens (including phenoxy) is 1. The summed E-state index contributed by atoms with van der Waals surface area (Å²) < 4.78 is 5.71. The molecule has 6 nitrogen and oxygen atoms in total. The van der Waals surface area contributed by atoms with E-state index in [0.717, 1.165) is 0 Å². The minimum Gasteiger partial charge on any atom is -0.465 e. The molecule has 0 bridgehead atoms. The highest BCUT2D eigenvalue weighted by atomic mass is 35.5. The van der Waals surface area contributed by atoms with Crippen LogP contribution in [-0.2, 0) is 6.54 Å². The maximum absolute atomic E-state index is 11.5. The van der Waals surface area contributed by atoms with Gasteiger partial charge in [0.05, 0.1) is 12.7 Å². The molecule has 7 heteroatoms. The Morgan fingerprint density at radius 2 is 1.96 bits per heavy atom. The number of carboxylic acid groups (broad SMARTS) is 1. The first kappa shape index (κ1) is 17.9. The Bertz CT molecular complexity index is 727. The molecule has 0 fully saturated rings. The fourth-order valence-electron chi connectivity index (χ4n) is 2.10. The third-order valence-electron chi connectivity index (χ3n) is 3.42. The lowest BCUT2D eigenvalue weighted by molar-refractivity contribution is 0.0956. The number of halogens is 1. The van der Waals surface area contributed by atoms with Gasteiger partial charge in [0.2, 0.25) is 0 Å². The van der Waals surface area contributed by atoms with Gasteiger partial charge < -0.3 is 15.6 Å². The number of pyridine rings is 1. The van der Waals surface area contributed by atoms with E-state index in [4.69, 9.17) is 22.1 Å². The number of hydrogen-bond donors (Lipinski definition) is 2. The molecular weight excluding hydrogens is 330 g/mol.